The van der Waals surface area contributed by atoms with Gasteiger partial charge in [0.05, 0.1) is 13.2 Å². The molecule has 0 bridgehead atoms. The van der Waals surface area contributed by atoms with Crippen LogP contribution < -0.4 is 9.80 Å². The summed E-state index contributed by atoms with van der Waals surface area (Å²) in [6.07, 6.45) is 5.20. The molecule has 0 unspecified atom stereocenters. The van der Waals surface area contributed by atoms with Gasteiger partial charge >= 0.3 is 0 Å². The maximum atomic E-state index is 5.36. The standard InChI is InChI=1S/C12H17N7O/c1-17(2)10-14-11(18-5-7-20-8-6-18)16-12(15-10)19-4-3-13-9-19/h3-4,9H,5-8H2,1-2H3. The van der Waals surface area contributed by atoms with Gasteiger partial charge in [-0.3, -0.25) is 4.57 Å². The largest absolute Gasteiger partial charge is 0.378 e. The molecule has 0 atom stereocenters. The van der Waals surface area contributed by atoms with Crippen LogP contribution in [0.1, 0.15) is 0 Å². The lowest BCUT2D eigenvalue weighted by Crippen LogP contribution is -2.38. The molecule has 0 aromatic carbocycles. The molecule has 3 rings (SSSR count). The van der Waals surface area contributed by atoms with Gasteiger partial charge in [0.25, 0.3) is 0 Å². The second-order valence-electron chi connectivity index (χ2n) is 4.70. The summed E-state index contributed by atoms with van der Waals surface area (Å²) in [7, 11) is 3.83. The number of ether oxygens (including phenoxy) is 1. The Kier molecular flexibility index (Phi) is 3.46. The SMILES string of the molecule is CN(C)c1nc(N2CCOCC2)nc(-n2ccnc2)n1. The molecule has 8 nitrogen and oxygen atoms in total. The normalized spacial score (nSPS) is 15.4. The zero-order valence-corrected chi connectivity index (χ0v) is 11.6. The molecule has 0 aliphatic carbocycles. The average Bonchev–Trinajstić information content (AvgIpc) is 3.02. The average molecular weight is 275 g/mol. The Morgan fingerprint density at radius 2 is 1.85 bits per heavy atom. The van der Waals surface area contributed by atoms with Crippen molar-refractivity contribution in [2.75, 3.05) is 50.2 Å². The van der Waals surface area contributed by atoms with Gasteiger partial charge in [0, 0.05) is 39.6 Å². The van der Waals surface area contributed by atoms with Crippen LogP contribution in [0.25, 0.3) is 5.95 Å². The van der Waals surface area contributed by atoms with Gasteiger partial charge in [-0.1, -0.05) is 0 Å². The van der Waals surface area contributed by atoms with Crippen LogP contribution in [0.5, 0.6) is 0 Å². The minimum absolute atomic E-state index is 0.572. The van der Waals surface area contributed by atoms with Crippen LogP contribution in [-0.4, -0.2) is 64.9 Å². The number of rotatable bonds is 3. The summed E-state index contributed by atoms with van der Waals surface area (Å²) >= 11 is 0. The van der Waals surface area contributed by atoms with Crippen molar-refractivity contribution in [3.63, 3.8) is 0 Å². The highest BCUT2D eigenvalue weighted by Gasteiger charge is 2.17. The van der Waals surface area contributed by atoms with Gasteiger partial charge in [-0.2, -0.15) is 15.0 Å². The molecule has 0 radical (unpaired) electrons. The lowest BCUT2D eigenvalue weighted by Gasteiger charge is -2.27. The monoisotopic (exact) mass is 275 g/mol. The first kappa shape index (κ1) is 12.8. The summed E-state index contributed by atoms with van der Waals surface area (Å²) in [6.45, 7) is 2.98. The summed E-state index contributed by atoms with van der Waals surface area (Å²) < 4.78 is 7.14. The lowest BCUT2D eigenvalue weighted by molar-refractivity contribution is 0.122. The Bertz CT molecular complexity index is 563. The number of anilines is 2. The molecule has 0 amide bonds. The number of hydrogen-bond donors (Lipinski definition) is 0. The summed E-state index contributed by atoms with van der Waals surface area (Å²) in [6, 6.07) is 0. The van der Waals surface area contributed by atoms with Crippen molar-refractivity contribution in [2.45, 2.75) is 0 Å². The predicted molar refractivity (Wildman–Crippen MR) is 74.3 cm³/mol. The first-order chi connectivity index (χ1) is 9.74. The fourth-order valence-corrected chi connectivity index (χ4v) is 1.94. The van der Waals surface area contributed by atoms with E-state index in [4.69, 9.17) is 4.74 Å². The van der Waals surface area contributed by atoms with E-state index in [0.29, 0.717) is 31.1 Å². The highest BCUT2D eigenvalue weighted by Crippen LogP contribution is 2.15. The van der Waals surface area contributed by atoms with Crippen LogP contribution in [-0.2, 0) is 4.74 Å². The van der Waals surface area contributed by atoms with Crippen LogP contribution >= 0.6 is 0 Å². The van der Waals surface area contributed by atoms with Crippen molar-refractivity contribution in [2.24, 2.45) is 0 Å². The topological polar surface area (TPSA) is 72.2 Å². The molecular formula is C12H17N7O. The highest BCUT2D eigenvalue weighted by atomic mass is 16.5. The van der Waals surface area contributed by atoms with Crippen LogP contribution in [0.4, 0.5) is 11.9 Å². The van der Waals surface area contributed by atoms with E-state index in [1.165, 1.54) is 0 Å². The van der Waals surface area contributed by atoms with Crippen molar-refractivity contribution in [1.29, 1.82) is 0 Å². The Hall–Kier alpha value is -2.22. The molecule has 20 heavy (non-hydrogen) atoms. The van der Waals surface area contributed by atoms with Gasteiger partial charge in [0.1, 0.15) is 6.33 Å². The quantitative estimate of drug-likeness (QED) is 0.778. The number of aromatic nitrogens is 5. The zero-order valence-electron chi connectivity index (χ0n) is 11.6. The predicted octanol–water partition coefficient (Wildman–Crippen LogP) is -0.0401. The van der Waals surface area contributed by atoms with Crippen LogP contribution in [0.2, 0.25) is 0 Å². The van der Waals surface area contributed by atoms with Crippen molar-refractivity contribution < 1.29 is 4.74 Å². The lowest BCUT2D eigenvalue weighted by atomic mass is 10.4. The molecule has 8 heteroatoms. The third-order valence-electron chi connectivity index (χ3n) is 3.03. The Balaban J connectivity index is 2.00. The molecule has 3 heterocycles. The molecule has 0 saturated carbocycles. The molecule has 0 spiro atoms. The van der Waals surface area contributed by atoms with Gasteiger partial charge in [0.2, 0.25) is 17.8 Å². The van der Waals surface area contributed by atoms with E-state index in [0.717, 1.165) is 13.1 Å². The third-order valence-corrected chi connectivity index (χ3v) is 3.03. The van der Waals surface area contributed by atoms with E-state index in [9.17, 15) is 0 Å². The summed E-state index contributed by atoms with van der Waals surface area (Å²) in [5.74, 6) is 1.88. The maximum absolute atomic E-state index is 5.36. The van der Waals surface area contributed by atoms with Gasteiger partial charge in [-0.25, -0.2) is 4.98 Å². The van der Waals surface area contributed by atoms with Gasteiger partial charge in [-0.15, -0.1) is 0 Å². The van der Waals surface area contributed by atoms with Crippen molar-refractivity contribution in [3.8, 4) is 5.95 Å². The van der Waals surface area contributed by atoms with E-state index in [-0.39, 0.29) is 0 Å². The maximum Gasteiger partial charge on any atom is 0.241 e. The summed E-state index contributed by atoms with van der Waals surface area (Å²) in [4.78, 5) is 21.5. The van der Waals surface area contributed by atoms with Gasteiger partial charge < -0.3 is 14.5 Å². The van der Waals surface area contributed by atoms with E-state index >= 15 is 0 Å². The van der Waals surface area contributed by atoms with E-state index < -0.39 is 0 Å². The zero-order chi connectivity index (χ0) is 13.9. The van der Waals surface area contributed by atoms with Gasteiger partial charge in [0.15, 0.2) is 0 Å². The number of imidazole rings is 1. The third kappa shape index (κ3) is 2.55. The molecule has 1 saturated heterocycles. The smallest absolute Gasteiger partial charge is 0.241 e. The van der Waals surface area contributed by atoms with E-state index in [1.807, 2.05) is 25.2 Å². The molecule has 2 aromatic heterocycles. The Morgan fingerprint density at radius 1 is 1.10 bits per heavy atom. The number of hydrogen-bond acceptors (Lipinski definition) is 7. The Labute approximate surface area is 117 Å². The van der Waals surface area contributed by atoms with Gasteiger partial charge in [-0.05, 0) is 0 Å². The molecule has 1 fully saturated rings. The molecule has 2 aromatic rings. The van der Waals surface area contributed by atoms with Crippen molar-refractivity contribution in [1.82, 2.24) is 24.5 Å². The number of morpholine rings is 1. The molecule has 1 aliphatic rings. The molecule has 0 N–H and O–H groups in total. The molecule has 1 aliphatic heterocycles. The number of nitrogens with zero attached hydrogens (tertiary/aromatic N) is 7. The fourth-order valence-electron chi connectivity index (χ4n) is 1.94. The molecule has 106 valence electrons. The second kappa shape index (κ2) is 5.41. The minimum atomic E-state index is 0.572. The van der Waals surface area contributed by atoms with Crippen LogP contribution in [0.15, 0.2) is 18.7 Å². The van der Waals surface area contributed by atoms with Crippen LogP contribution in [0.3, 0.4) is 0 Å². The summed E-state index contributed by atoms with van der Waals surface area (Å²) in [5, 5.41) is 0. The van der Waals surface area contributed by atoms with E-state index in [2.05, 4.69) is 24.8 Å². The molecular weight excluding hydrogens is 258 g/mol. The highest BCUT2D eigenvalue weighted by molar-refractivity contribution is 5.41. The van der Waals surface area contributed by atoms with Crippen molar-refractivity contribution >= 4 is 11.9 Å². The second-order valence-corrected chi connectivity index (χ2v) is 4.70. The summed E-state index contributed by atoms with van der Waals surface area (Å²) in [5.41, 5.74) is 0. The van der Waals surface area contributed by atoms with E-state index in [1.54, 1.807) is 17.1 Å². The first-order valence-corrected chi connectivity index (χ1v) is 6.48. The Morgan fingerprint density at radius 3 is 2.50 bits per heavy atom. The minimum Gasteiger partial charge on any atom is -0.378 e. The van der Waals surface area contributed by atoms with Crippen molar-refractivity contribution in [3.05, 3.63) is 18.7 Å². The fraction of sp³-hybridized carbons (Fsp3) is 0.500. The van der Waals surface area contributed by atoms with Crippen LogP contribution in [0, 0.1) is 0 Å². The first-order valence-electron chi connectivity index (χ1n) is 6.48.